The molecule has 7 saturated carbocycles. The maximum Gasteiger partial charge on any atom is 0.333 e. The Hall–Kier alpha value is -1.32. The van der Waals surface area contributed by atoms with Crippen LogP contribution in [0.3, 0.4) is 0 Å². The lowest BCUT2D eigenvalue weighted by atomic mass is 9.43. The van der Waals surface area contributed by atoms with E-state index in [1.165, 1.54) is 57.8 Å². The summed E-state index contributed by atoms with van der Waals surface area (Å²) in [5, 5.41) is 0. The highest BCUT2D eigenvalue weighted by Crippen LogP contribution is 2.82. The van der Waals surface area contributed by atoms with E-state index >= 15 is 0 Å². The van der Waals surface area contributed by atoms with Crippen molar-refractivity contribution >= 4 is 11.9 Å². The highest BCUT2D eigenvalue weighted by molar-refractivity contribution is 5.93. The van der Waals surface area contributed by atoms with Gasteiger partial charge in [0.15, 0.2) is 0 Å². The lowest BCUT2D eigenvalue weighted by Gasteiger charge is -2.65. The molecule has 7 aliphatic carbocycles. The average Bonchev–Trinajstić information content (AvgIpc) is 3.31. The van der Waals surface area contributed by atoms with E-state index in [0.29, 0.717) is 41.6 Å². The molecule has 29 heavy (non-hydrogen) atoms. The molecule has 0 radical (unpaired) electrons. The molecule has 0 amide bonds. The third kappa shape index (κ3) is 2.32. The topological polar surface area (TPSA) is 52.6 Å². The van der Waals surface area contributed by atoms with E-state index in [1.807, 2.05) is 0 Å². The number of fused-ring (bicyclic) bond motifs is 1. The summed E-state index contributed by atoms with van der Waals surface area (Å²) in [6, 6.07) is 0. The highest BCUT2D eigenvalue weighted by Gasteiger charge is 2.92. The normalized spacial score (nSPS) is 51.4. The molecule has 0 heterocycles. The van der Waals surface area contributed by atoms with Gasteiger partial charge in [-0.2, -0.15) is 0 Å². The molecule has 0 aromatic rings. The standard InChI is InChI=1S/C25H34O4/c1-15(2)20(26)28-24-13-23(24,14-24)21(27)29-25(17-6-4-5-7-17)18-8-16-9-19(25)12-22(3,10-16)11-18/h16-19H,1,4-14H2,2-3H3. The maximum atomic E-state index is 13.5. The predicted molar refractivity (Wildman–Crippen MR) is 108 cm³/mol. The van der Waals surface area contributed by atoms with E-state index in [2.05, 4.69) is 13.5 Å². The van der Waals surface area contributed by atoms with Crippen LogP contribution < -0.4 is 0 Å². The summed E-state index contributed by atoms with van der Waals surface area (Å²) in [5.41, 5.74) is -0.494. The van der Waals surface area contributed by atoms with Crippen molar-refractivity contribution in [3.8, 4) is 0 Å². The van der Waals surface area contributed by atoms with Crippen LogP contribution >= 0.6 is 0 Å². The molecule has 0 N–H and O–H groups in total. The van der Waals surface area contributed by atoms with Gasteiger partial charge < -0.3 is 9.47 Å². The number of ether oxygens (including phenoxy) is 2. The van der Waals surface area contributed by atoms with E-state index in [-0.39, 0.29) is 17.5 Å². The first-order valence-electron chi connectivity index (χ1n) is 11.8. The first-order valence-corrected chi connectivity index (χ1v) is 11.8. The van der Waals surface area contributed by atoms with Crippen LogP contribution in [0.1, 0.15) is 84.5 Å². The second kappa shape index (κ2) is 5.48. The van der Waals surface area contributed by atoms with Gasteiger partial charge in [0, 0.05) is 30.3 Å². The molecule has 0 aromatic heterocycles. The SMILES string of the molecule is C=C(C)C(=O)OC12CC1(C(=O)OC1(C3CCCC3)C3CC4CC1CC(C)(C4)C3)C2. The highest BCUT2D eigenvalue weighted by atomic mass is 16.6. The van der Waals surface area contributed by atoms with Gasteiger partial charge in [0.25, 0.3) is 0 Å². The molecule has 4 heteroatoms. The molecule has 7 rings (SSSR count). The van der Waals surface area contributed by atoms with Crippen LogP contribution in [-0.2, 0) is 19.1 Å². The largest absolute Gasteiger partial charge is 0.458 e. The predicted octanol–water partition coefficient (Wildman–Crippen LogP) is 4.96. The van der Waals surface area contributed by atoms with Gasteiger partial charge in [0.05, 0.1) is 0 Å². The summed E-state index contributed by atoms with van der Waals surface area (Å²) in [7, 11) is 0. The summed E-state index contributed by atoms with van der Waals surface area (Å²) >= 11 is 0. The molecule has 0 aromatic carbocycles. The first kappa shape index (κ1) is 18.4. The van der Waals surface area contributed by atoms with Crippen molar-refractivity contribution < 1.29 is 19.1 Å². The van der Waals surface area contributed by atoms with Crippen LogP contribution in [0.4, 0.5) is 0 Å². The van der Waals surface area contributed by atoms with Crippen molar-refractivity contribution in [3.05, 3.63) is 12.2 Å². The van der Waals surface area contributed by atoms with Gasteiger partial charge in [-0.1, -0.05) is 26.3 Å². The number of carbonyl (C=O) groups excluding carboxylic acids is 2. The quantitative estimate of drug-likeness (QED) is 0.485. The molecule has 7 aliphatic rings. The molecule has 2 atom stereocenters. The lowest BCUT2D eigenvalue weighted by Crippen LogP contribution is -2.65. The van der Waals surface area contributed by atoms with Gasteiger partial charge in [-0.3, -0.25) is 4.79 Å². The Bertz CT molecular complexity index is 782. The van der Waals surface area contributed by atoms with Crippen molar-refractivity contribution in [2.45, 2.75) is 95.7 Å². The van der Waals surface area contributed by atoms with Gasteiger partial charge >= 0.3 is 11.9 Å². The van der Waals surface area contributed by atoms with Gasteiger partial charge in [0.2, 0.25) is 0 Å². The monoisotopic (exact) mass is 398 g/mol. The van der Waals surface area contributed by atoms with Crippen LogP contribution in [0.25, 0.3) is 0 Å². The fourth-order valence-corrected chi connectivity index (χ4v) is 8.54. The Balaban J connectivity index is 1.27. The number of hydrogen-bond donors (Lipinski definition) is 0. The van der Waals surface area contributed by atoms with Crippen molar-refractivity contribution in [2.75, 3.05) is 0 Å². The fourth-order valence-electron chi connectivity index (χ4n) is 8.54. The van der Waals surface area contributed by atoms with E-state index < -0.39 is 11.0 Å². The van der Waals surface area contributed by atoms with Crippen LogP contribution in [0.2, 0.25) is 0 Å². The third-order valence-electron chi connectivity index (χ3n) is 9.86. The van der Waals surface area contributed by atoms with Crippen LogP contribution in [0, 0.1) is 34.5 Å². The molecule has 158 valence electrons. The Kier molecular flexibility index (Phi) is 3.48. The zero-order chi connectivity index (χ0) is 20.2. The van der Waals surface area contributed by atoms with Gasteiger partial charge in [-0.15, -0.1) is 0 Å². The molecule has 2 unspecified atom stereocenters. The van der Waals surface area contributed by atoms with E-state index in [9.17, 15) is 9.59 Å². The van der Waals surface area contributed by atoms with Gasteiger partial charge in [0.1, 0.15) is 16.6 Å². The smallest absolute Gasteiger partial charge is 0.333 e. The van der Waals surface area contributed by atoms with Crippen molar-refractivity contribution in [1.29, 1.82) is 0 Å². The number of hydrogen-bond acceptors (Lipinski definition) is 4. The van der Waals surface area contributed by atoms with Crippen molar-refractivity contribution in [2.24, 2.45) is 34.5 Å². The molecule has 4 nitrogen and oxygen atoms in total. The first-order chi connectivity index (χ1) is 13.7. The summed E-state index contributed by atoms with van der Waals surface area (Å²) in [5.74, 6) is 2.01. The summed E-state index contributed by atoms with van der Waals surface area (Å²) in [4.78, 5) is 25.5. The number of esters is 2. The summed E-state index contributed by atoms with van der Waals surface area (Å²) in [6.45, 7) is 7.81. The number of rotatable bonds is 5. The molecular formula is C25H34O4. The fraction of sp³-hybridized carbons (Fsp3) is 0.840. The minimum atomic E-state index is -0.575. The molecule has 0 aliphatic heterocycles. The molecule has 4 bridgehead atoms. The van der Waals surface area contributed by atoms with Gasteiger partial charge in [-0.25, -0.2) is 4.79 Å². The molecular weight excluding hydrogens is 364 g/mol. The minimum Gasteiger partial charge on any atom is -0.458 e. The summed E-state index contributed by atoms with van der Waals surface area (Å²) in [6.07, 6.45) is 12.6. The van der Waals surface area contributed by atoms with Crippen LogP contribution in [0.5, 0.6) is 0 Å². The van der Waals surface area contributed by atoms with E-state index in [1.54, 1.807) is 6.92 Å². The second-order valence-corrected chi connectivity index (χ2v) is 12.0. The molecule has 0 spiro atoms. The minimum absolute atomic E-state index is 0.0588. The number of carbonyl (C=O) groups is 2. The molecule has 7 fully saturated rings. The lowest BCUT2D eigenvalue weighted by molar-refractivity contribution is -0.244. The van der Waals surface area contributed by atoms with E-state index in [4.69, 9.17) is 9.47 Å². The molecule has 0 saturated heterocycles. The Morgan fingerprint density at radius 3 is 2.10 bits per heavy atom. The second-order valence-electron chi connectivity index (χ2n) is 12.0. The summed E-state index contributed by atoms with van der Waals surface area (Å²) < 4.78 is 12.4. The Morgan fingerprint density at radius 1 is 0.931 bits per heavy atom. The van der Waals surface area contributed by atoms with Crippen LogP contribution in [0.15, 0.2) is 12.2 Å². The zero-order valence-corrected chi connectivity index (χ0v) is 17.9. The maximum absolute atomic E-state index is 13.5. The Labute approximate surface area is 173 Å². The van der Waals surface area contributed by atoms with Crippen LogP contribution in [-0.4, -0.2) is 23.1 Å². The average molecular weight is 399 g/mol. The van der Waals surface area contributed by atoms with Gasteiger partial charge in [-0.05, 0) is 69.1 Å². The van der Waals surface area contributed by atoms with E-state index in [0.717, 1.165) is 5.92 Å². The Morgan fingerprint density at radius 2 is 1.55 bits per heavy atom. The third-order valence-corrected chi connectivity index (χ3v) is 9.86. The van der Waals surface area contributed by atoms with Crippen molar-refractivity contribution in [1.82, 2.24) is 0 Å². The zero-order valence-electron chi connectivity index (χ0n) is 17.9. The van der Waals surface area contributed by atoms with Crippen molar-refractivity contribution in [3.63, 3.8) is 0 Å².